The summed E-state index contributed by atoms with van der Waals surface area (Å²) in [7, 11) is 0. The Morgan fingerprint density at radius 2 is 1.70 bits per heavy atom. The van der Waals surface area contributed by atoms with Crippen molar-refractivity contribution in [3.05, 3.63) is 88.9 Å². The fraction of sp³-hybridized carbons (Fsp3) is 0.375. The number of hydrogen-bond donors (Lipinski definition) is 1. The van der Waals surface area contributed by atoms with Gasteiger partial charge in [-0.1, -0.05) is 29.8 Å². The van der Waals surface area contributed by atoms with E-state index < -0.39 is 0 Å². The lowest BCUT2D eigenvalue weighted by Crippen LogP contribution is -2.47. The molecular weight excluding hydrogens is 524 g/mol. The first-order valence-electron chi connectivity index (χ1n) is 14.1. The molecule has 5 rings (SSSR count). The van der Waals surface area contributed by atoms with Crippen LogP contribution in [0.4, 0.5) is 11.4 Å². The highest BCUT2D eigenvalue weighted by atomic mass is 35.5. The SMILES string of the molecule is CC(=O)N(c1ccc(Cl)cc1)[C@@H]1C[C@H](C)N(C(=O)c2ccc(OCCCN3CCNCC3)cc2)c2ccccc21. The van der Waals surface area contributed by atoms with Gasteiger partial charge in [0, 0.05) is 67.7 Å². The number of para-hydroxylation sites is 1. The van der Waals surface area contributed by atoms with E-state index in [1.807, 2.05) is 77.4 Å². The monoisotopic (exact) mass is 560 g/mol. The van der Waals surface area contributed by atoms with Gasteiger partial charge in [0.25, 0.3) is 5.91 Å². The molecule has 0 unspecified atom stereocenters. The molecule has 7 nitrogen and oxygen atoms in total. The van der Waals surface area contributed by atoms with Gasteiger partial charge in [-0.3, -0.25) is 9.59 Å². The van der Waals surface area contributed by atoms with Gasteiger partial charge in [-0.25, -0.2) is 0 Å². The first-order valence-corrected chi connectivity index (χ1v) is 14.4. The zero-order valence-electron chi connectivity index (χ0n) is 23.2. The minimum absolute atomic E-state index is 0.0578. The Labute approximate surface area is 241 Å². The van der Waals surface area contributed by atoms with Crippen molar-refractivity contribution in [3.8, 4) is 5.75 Å². The van der Waals surface area contributed by atoms with Crippen LogP contribution < -0.4 is 19.9 Å². The largest absolute Gasteiger partial charge is 0.494 e. The zero-order valence-corrected chi connectivity index (χ0v) is 23.9. The van der Waals surface area contributed by atoms with Crippen LogP contribution in [0.15, 0.2) is 72.8 Å². The lowest BCUT2D eigenvalue weighted by atomic mass is 9.89. The summed E-state index contributed by atoms with van der Waals surface area (Å²) in [6.45, 7) is 9.57. The summed E-state index contributed by atoms with van der Waals surface area (Å²) in [5, 5.41) is 3.99. The fourth-order valence-corrected chi connectivity index (χ4v) is 5.89. The van der Waals surface area contributed by atoms with Gasteiger partial charge in [-0.2, -0.15) is 0 Å². The maximum absolute atomic E-state index is 13.8. The molecule has 0 aliphatic carbocycles. The summed E-state index contributed by atoms with van der Waals surface area (Å²) in [6.07, 6.45) is 1.58. The van der Waals surface area contributed by atoms with E-state index in [0.717, 1.165) is 61.8 Å². The van der Waals surface area contributed by atoms with Gasteiger partial charge in [0.05, 0.1) is 12.6 Å². The molecule has 2 aliphatic heterocycles. The van der Waals surface area contributed by atoms with Crippen molar-refractivity contribution in [1.82, 2.24) is 10.2 Å². The lowest BCUT2D eigenvalue weighted by Gasteiger charge is -2.43. The molecule has 0 spiro atoms. The number of fused-ring (bicyclic) bond motifs is 1. The average molecular weight is 561 g/mol. The molecule has 0 radical (unpaired) electrons. The van der Waals surface area contributed by atoms with Gasteiger partial charge in [0.2, 0.25) is 5.91 Å². The van der Waals surface area contributed by atoms with E-state index in [0.29, 0.717) is 23.6 Å². The van der Waals surface area contributed by atoms with Gasteiger partial charge in [0.1, 0.15) is 5.75 Å². The number of rotatable bonds is 8. The Hall–Kier alpha value is -3.39. The van der Waals surface area contributed by atoms with Gasteiger partial charge in [0.15, 0.2) is 0 Å². The zero-order chi connectivity index (χ0) is 28.1. The van der Waals surface area contributed by atoms with Crippen molar-refractivity contribution in [2.24, 2.45) is 0 Å². The number of piperazine rings is 1. The van der Waals surface area contributed by atoms with Crippen LogP contribution in [-0.2, 0) is 4.79 Å². The number of nitrogens with zero attached hydrogens (tertiary/aromatic N) is 3. The Kier molecular flexibility index (Phi) is 9.04. The molecule has 3 aromatic rings. The summed E-state index contributed by atoms with van der Waals surface area (Å²) >= 11 is 6.11. The molecule has 2 aliphatic rings. The van der Waals surface area contributed by atoms with Crippen LogP contribution in [0.2, 0.25) is 5.02 Å². The second-order valence-electron chi connectivity index (χ2n) is 10.5. The normalized spacial score (nSPS) is 19.1. The van der Waals surface area contributed by atoms with Crippen molar-refractivity contribution in [1.29, 1.82) is 0 Å². The van der Waals surface area contributed by atoms with Gasteiger partial charge < -0.3 is 24.8 Å². The minimum atomic E-state index is -0.203. The highest BCUT2D eigenvalue weighted by molar-refractivity contribution is 6.30. The molecule has 1 fully saturated rings. The molecule has 0 aromatic heterocycles. The molecule has 3 aromatic carbocycles. The van der Waals surface area contributed by atoms with Crippen LogP contribution in [0.1, 0.15) is 48.7 Å². The van der Waals surface area contributed by atoms with Crippen molar-refractivity contribution in [2.75, 3.05) is 49.1 Å². The molecule has 1 N–H and O–H groups in total. The molecule has 2 amide bonds. The highest BCUT2D eigenvalue weighted by Gasteiger charge is 2.38. The number of halogens is 1. The quantitative estimate of drug-likeness (QED) is 0.366. The van der Waals surface area contributed by atoms with Gasteiger partial charge in [-0.15, -0.1) is 0 Å². The standard InChI is InChI=1S/C32H37ClN4O3/c1-23-22-31(37(24(2)38)27-12-10-26(33)11-13-27)29-6-3-4-7-30(29)36(23)32(39)25-8-14-28(15-9-25)40-21-5-18-35-19-16-34-17-20-35/h3-4,6-15,23,31,34H,5,16-22H2,1-2H3/t23-,31+/m0/s1. The number of benzene rings is 3. The Morgan fingerprint density at radius 3 is 2.40 bits per heavy atom. The molecule has 0 saturated carbocycles. The van der Waals surface area contributed by atoms with Crippen molar-refractivity contribution in [3.63, 3.8) is 0 Å². The maximum Gasteiger partial charge on any atom is 0.258 e. The van der Waals surface area contributed by atoms with Crippen LogP contribution in [0, 0.1) is 0 Å². The van der Waals surface area contributed by atoms with Crippen LogP contribution in [0.25, 0.3) is 0 Å². The molecule has 2 heterocycles. The third-order valence-corrected chi connectivity index (χ3v) is 7.99. The number of nitrogens with one attached hydrogen (secondary N) is 1. The van der Waals surface area contributed by atoms with E-state index in [2.05, 4.69) is 10.2 Å². The lowest BCUT2D eigenvalue weighted by molar-refractivity contribution is -0.117. The molecule has 40 heavy (non-hydrogen) atoms. The van der Waals surface area contributed by atoms with Gasteiger partial charge >= 0.3 is 0 Å². The molecule has 1 saturated heterocycles. The summed E-state index contributed by atoms with van der Waals surface area (Å²) in [5.41, 5.74) is 3.16. The maximum atomic E-state index is 13.8. The van der Waals surface area contributed by atoms with E-state index >= 15 is 0 Å². The third-order valence-electron chi connectivity index (χ3n) is 7.73. The van der Waals surface area contributed by atoms with E-state index in [1.165, 1.54) is 0 Å². The number of carbonyl (C=O) groups excluding carboxylic acids is 2. The number of anilines is 2. The molecule has 0 bridgehead atoms. The van der Waals surface area contributed by atoms with Crippen LogP contribution in [0.5, 0.6) is 5.75 Å². The predicted octanol–water partition coefficient (Wildman–Crippen LogP) is 5.55. The van der Waals surface area contributed by atoms with Crippen LogP contribution in [-0.4, -0.2) is 62.1 Å². The number of ether oxygens (including phenoxy) is 1. The second kappa shape index (κ2) is 12.9. The smallest absolute Gasteiger partial charge is 0.258 e. The molecule has 2 atom stereocenters. The number of carbonyl (C=O) groups is 2. The third kappa shape index (κ3) is 6.33. The Morgan fingerprint density at radius 1 is 1.00 bits per heavy atom. The first-order chi connectivity index (χ1) is 19.4. The summed E-state index contributed by atoms with van der Waals surface area (Å²) < 4.78 is 5.95. The highest BCUT2D eigenvalue weighted by Crippen LogP contribution is 2.43. The van der Waals surface area contributed by atoms with Crippen LogP contribution >= 0.6 is 11.6 Å². The molecule has 210 valence electrons. The van der Waals surface area contributed by atoms with Gasteiger partial charge in [-0.05, 0) is 79.9 Å². The van der Waals surface area contributed by atoms with Crippen molar-refractivity contribution >= 4 is 34.8 Å². The van der Waals surface area contributed by atoms with E-state index in [1.54, 1.807) is 19.1 Å². The van der Waals surface area contributed by atoms with E-state index in [-0.39, 0.29) is 23.9 Å². The van der Waals surface area contributed by atoms with Crippen molar-refractivity contribution in [2.45, 2.75) is 38.8 Å². The summed E-state index contributed by atoms with van der Waals surface area (Å²) in [6, 6.07) is 22.3. The van der Waals surface area contributed by atoms with E-state index in [4.69, 9.17) is 16.3 Å². The fourth-order valence-electron chi connectivity index (χ4n) is 5.76. The number of amides is 2. The van der Waals surface area contributed by atoms with Crippen molar-refractivity contribution < 1.29 is 14.3 Å². The second-order valence-corrected chi connectivity index (χ2v) is 11.0. The van der Waals surface area contributed by atoms with Crippen LogP contribution in [0.3, 0.4) is 0 Å². The average Bonchev–Trinajstić information content (AvgIpc) is 2.97. The molecular formula is C32H37ClN4O3. The first kappa shape index (κ1) is 28.1. The Balaban J connectivity index is 1.30. The summed E-state index contributed by atoms with van der Waals surface area (Å²) in [4.78, 5) is 32.8. The summed E-state index contributed by atoms with van der Waals surface area (Å²) in [5.74, 6) is 0.645. The Bertz CT molecular complexity index is 1310. The number of hydrogen-bond acceptors (Lipinski definition) is 5. The van der Waals surface area contributed by atoms with E-state index in [9.17, 15) is 9.59 Å². The molecule has 8 heteroatoms. The predicted molar refractivity (Wildman–Crippen MR) is 161 cm³/mol. The minimum Gasteiger partial charge on any atom is -0.494 e. The topological polar surface area (TPSA) is 65.1 Å².